The SMILES string of the molecule is CN(C)CCCN(C)CCCN(C)C.CN(C)CCCNCCCN(C)C.CN(C)CCN(C)CCN(C)N.CN(CCCN)CCCN.NCCCCCN.NCCCCCN. The van der Waals surface area contributed by atoms with Crippen LogP contribution in [0.3, 0.4) is 0 Å². The molecule has 0 rings (SSSR count). The van der Waals surface area contributed by atoms with Crippen LogP contribution in [0.4, 0.5) is 0 Å². The van der Waals surface area contributed by atoms with Gasteiger partial charge in [0, 0.05) is 33.2 Å². The minimum Gasteiger partial charge on any atom is -0.330 e. The lowest BCUT2D eigenvalue weighted by Gasteiger charge is -2.20. The van der Waals surface area contributed by atoms with Crippen LogP contribution in [0.15, 0.2) is 0 Å². The second-order valence-corrected chi connectivity index (χ2v) is 18.1. The van der Waals surface area contributed by atoms with E-state index in [9.17, 15) is 0 Å². The van der Waals surface area contributed by atoms with E-state index in [-0.39, 0.29) is 0 Å². The van der Waals surface area contributed by atoms with Crippen molar-refractivity contribution in [3.05, 3.63) is 0 Å². The first-order valence-corrected chi connectivity index (χ1v) is 24.5. The second kappa shape index (κ2) is 63.4. The van der Waals surface area contributed by atoms with Gasteiger partial charge in [-0.3, -0.25) is 5.84 Å². The van der Waals surface area contributed by atoms with E-state index < -0.39 is 0 Å². The standard InChI is InChI=1S/C11H27N3.C10H25N3.C8H22N4.C7H19N3.2C5H14N2/c1-12(2)8-6-10-14(5)11-7-9-13(3)4;1-12(2)9-5-7-11-8-6-10-13(3)4;1-10(2)5-6-11(3)7-8-12(4)9;1-10(6-2-4-8)7-3-5-9;2*6-4-2-1-3-5-7/h6-11H2,1-5H3;11H,5-10H2,1-4H3;5-9H2,1-4H3;2-9H2,1H3;2*1-7H2. The molecule has 0 aromatic carbocycles. The van der Waals surface area contributed by atoms with E-state index in [1.165, 1.54) is 77.8 Å². The fourth-order valence-electron chi connectivity index (χ4n) is 5.17. The van der Waals surface area contributed by atoms with Gasteiger partial charge in [-0.1, -0.05) is 12.8 Å². The van der Waals surface area contributed by atoms with Crippen LogP contribution in [0.1, 0.15) is 77.0 Å². The normalized spacial score (nSPS) is 11.1. The Balaban J connectivity index is -0.000000157. The highest BCUT2D eigenvalue weighted by molar-refractivity contribution is 4.57. The number of nitrogens with two attached hydrogens (primary N) is 7. The van der Waals surface area contributed by atoms with Crippen molar-refractivity contribution >= 4 is 0 Å². The summed E-state index contributed by atoms with van der Waals surface area (Å²) in [6.07, 6.45) is 14.1. The summed E-state index contributed by atoms with van der Waals surface area (Å²) < 4.78 is 0. The van der Waals surface area contributed by atoms with Crippen LogP contribution in [0.2, 0.25) is 0 Å². The van der Waals surface area contributed by atoms with Gasteiger partial charge < -0.3 is 78.9 Å². The fraction of sp³-hybridized carbons (Fsp3) is 1.00. The zero-order valence-corrected chi connectivity index (χ0v) is 45.2. The zero-order valence-electron chi connectivity index (χ0n) is 45.2. The molecule has 63 heavy (non-hydrogen) atoms. The Kier molecular flexibility index (Phi) is 74.4. The lowest BCUT2D eigenvalue weighted by molar-refractivity contribution is 0.240. The Morgan fingerprint density at radius 2 is 0.508 bits per heavy atom. The van der Waals surface area contributed by atoms with Crippen molar-refractivity contribution in [2.45, 2.75) is 77.0 Å². The maximum atomic E-state index is 5.49. The molecule has 17 heteroatoms. The summed E-state index contributed by atoms with van der Waals surface area (Å²) >= 11 is 0. The van der Waals surface area contributed by atoms with E-state index in [1.807, 2.05) is 7.05 Å². The van der Waals surface area contributed by atoms with E-state index in [2.05, 4.69) is 136 Å². The van der Waals surface area contributed by atoms with Crippen molar-refractivity contribution in [2.24, 2.45) is 40.2 Å². The van der Waals surface area contributed by atoms with Gasteiger partial charge in [-0.05, 0) is 261 Å². The Bertz CT molecular complexity index is 686. The molecule has 0 saturated carbocycles. The van der Waals surface area contributed by atoms with Crippen LogP contribution in [-0.2, 0) is 0 Å². The number of rotatable bonds is 36. The molecular formula is C46H121N17. The highest BCUT2D eigenvalue weighted by Crippen LogP contribution is 1.93. The second-order valence-electron chi connectivity index (χ2n) is 18.1. The Hall–Kier alpha value is -0.680. The summed E-state index contributed by atoms with van der Waals surface area (Å²) in [6.45, 7) is 20.6. The molecule has 0 aromatic rings. The summed E-state index contributed by atoms with van der Waals surface area (Å²) in [5, 5.41) is 5.16. The van der Waals surface area contributed by atoms with Crippen molar-refractivity contribution in [1.82, 2.24) is 49.5 Å². The smallest absolute Gasteiger partial charge is 0.0253 e. The van der Waals surface area contributed by atoms with E-state index in [0.717, 1.165) is 130 Å². The lowest BCUT2D eigenvalue weighted by Crippen LogP contribution is -2.37. The van der Waals surface area contributed by atoms with Crippen molar-refractivity contribution < 1.29 is 0 Å². The third-order valence-electron chi connectivity index (χ3n) is 9.28. The molecule has 0 aromatic heterocycles. The average Bonchev–Trinajstić information content (AvgIpc) is 3.21. The Labute approximate surface area is 395 Å². The number of hydrazine groups is 1. The quantitative estimate of drug-likeness (QED) is 0.0241. The summed E-state index contributed by atoms with van der Waals surface area (Å²) in [5.74, 6) is 5.49. The Morgan fingerprint density at radius 1 is 0.254 bits per heavy atom. The topological polar surface area (TPSA) is 223 Å². The van der Waals surface area contributed by atoms with Crippen LogP contribution in [0.5, 0.6) is 0 Å². The molecule has 0 radical (unpaired) electrons. The molecule has 0 aliphatic heterocycles. The van der Waals surface area contributed by atoms with E-state index in [0.29, 0.717) is 0 Å². The monoisotopic (exact) mass is 912 g/mol. The van der Waals surface area contributed by atoms with Crippen molar-refractivity contribution in [1.29, 1.82) is 0 Å². The number of hydrogen-bond donors (Lipinski definition) is 8. The van der Waals surface area contributed by atoms with Gasteiger partial charge in [0.1, 0.15) is 0 Å². The number of likely N-dealkylation sites (N-methyl/N-ethyl adjacent to an activating group) is 3. The molecule has 0 unspecified atom stereocenters. The molecule has 0 atom stereocenters. The van der Waals surface area contributed by atoms with Crippen molar-refractivity contribution in [3.63, 3.8) is 0 Å². The first-order valence-electron chi connectivity index (χ1n) is 24.5. The van der Waals surface area contributed by atoms with Gasteiger partial charge in [0.25, 0.3) is 0 Å². The first-order chi connectivity index (χ1) is 29.8. The molecule has 15 N–H and O–H groups in total. The van der Waals surface area contributed by atoms with Crippen molar-refractivity contribution in [3.8, 4) is 0 Å². The highest BCUT2D eigenvalue weighted by atomic mass is 15.4. The van der Waals surface area contributed by atoms with E-state index >= 15 is 0 Å². The minimum absolute atomic E-state index is 0.785. The molecule has 17 nitrogen and oxygen atoms in total. The molecule has 0 saturated heterocycles. The predicted molar refractivity (Wildman–Crippen MR) is 285 cm³/mol. The maximum Gasteiger partial charge on any atom is 0.0253 e. The van der Waals surface area contributed by atoms with E-state index in [1.54, 1.807) is 5.01 Å². The molecule has 0 aliphatic rings. The van der Waals surface area contributed by atoms with Gasteiger partial charge in [-0.15, -0.1) is 0 Å². The number of hydrogen-bond acceptors (Lipinski definition) is 17. The number of nitrogens with zero attached hydrogens (tertiary/aromatic N) is 9. The minimum atomic E-state index is 0.785. The maximum absolute atomic E-state index is 5.49. The van der Waals surface area contributed by atoms with Gasteiger partial charge in [-0.2, -0.15) is 0 Å². The summed E-state index contributed by atoms with van der Waals surface area (Å²) in [5.41, 5.74) is 31.6. The van der Waals surface area contributed by atoms with Gasteiger partial charge in [0.05, 0.1) is 0 Å². The highest BCUT2D eigenvalue weighted by Gasteiger charge is 2.01. The number of nitrogens with one attached hydrogen (secondary N) is 1. The van der Waals surface area contributed by atoms with Gasteiger partial charge in [0.15, 0.2) is 0 Å². The van der Waals surface area contributed by atoms with Crippen LogP contribution >= 0.6 is 0 Å². The molecule has 0 heterocycles. The summed E-state index contributed by atoms with van der Waals surface area (Å²) in [7, 11) is 29.5. The molecule has 390 valence electrons. The average molecular weight is 913 g/mol. The summed E-state index contributed by atoms with van der Waals surface area (Å²) in [6, 6.07) is 0. The molecule has 0 fully saturated rings. The van der Waals surface area contributed by atoms with E-state index in [4.69, 9.17) is 40.2 Å². The van der Waals surface area contributed by atoms with Crippen LogP contribution in [0.25, 0.3) is 0 Å². The Morgan fingerprint density at radius 3 is 0.778 bits per heavy atom. The molecule has 0 aliphatic carbocycles. The molecular weight excluding hydrogens is 791 g/mol. The summed E-state index contributed by atoms with van der Waals surface area (Å²) in [4.78, 5) is 18.1. The van der Waals surface area contributed by atoms with Crippen LogP contribution in [0, 0.1) is 0 Å². The van der Waals surface area contributed by atoms with Crippen LogP contribution in [-0.4, -0.2) is 274 Å². The lowest BCUT2D eigenvalue weighted by atomic mass is 10.2. The number of unbranched alkanes of at least 4 members (excludes halogenated alkanes) is 4. The van der Waals surface area contributed by atoms with Gasteiger partial charge in [0.2, 0.25) is 0 Å². The van der Waals surface area contributed by atoms with Crippen molar-refractivity contribution in [2.75, 3.05) is 230 Å². The first kappa shape index (κ1) is 73.9. The fourth-order valence-corrected chi connectivity index (χ4v) is 5.17. The predicted octanol–water partition coefficient (Wildman–Crippen LogP) is 0.350. The zero-order chi connectivity index (χ0) is 49.5. The molecule has 0 spiro atoms. The molecule has 0 bridgehead atoms. The van der Waals surface area contributed by atoms with Gasteiger partial charge in [-0.25, -0.2) is 5.01 Å². The molecule has 0 amide bonds. The third kappa shape index (κ3) is 96.4. The van der Waals surface area contributed by atoms with Gasteiger partial charge >= 0.3 is 0 Å². The van der Waals surface area contributed by atoms with Crippen LogP contribution < -0.4 is 45.6 Å². The largest absolute Gasteiger partial charge is 0.330 e. The third-order valence-corrected chi connectivity index (χ3v) is 9.28.